The van der Waals surface area contributed by atoms with Crippen LogP contribution >= 0.6 is 11.3 Å². The predicted molar refractivity (Wildman–Crippen MR) is 75.8 cm³/mol. The van der Waals surface area contributed by atoms with E-state index < -0.39 is 6.04 Å². The second kappa shape index (κ2) is 5.04. The van der Waals surface area contributed by atoms with Crippen molar-refractivity contribution in [2.24, 2.45) is 11.7 Å². The molecule has 18 heavy (non-hydrogen) atoms. The van der Waals surface area contributed by atoms with Gasteiger partial charge in [0.1, 0.15) is 0 Å². The lowest BCUT2D eigenvalue weighted by Gasteiger charge is -2.15. The van der Waals surface area contributed by atoms with Gasteiger partial charge in [-0.15, -0.1) is 11.3 Å². The van der Waals surface area contributed by atoms with Crippen LogP contribution in [0.4, 0.5) is 5.69 Å². The van der Waals surface area contributed by atoms with E-state index in [1.807, 2.05) is 39.0 Å². The van der Waals surface area contributed by atoms with Gasteiger partial charge in [-0.1, -0.05) is 13.8 Å². The van der Waals surface area contributed by atoms with Crippen molar-refractivity contribution in [3.63, 3.8) is 0 Å². The summed E-state index contributed by atoms with van der Waals surface area (Å²) in [6.07, 6.45) is 0. The molecule has 2 rings (SSSR count). The Morgan fingerprint density at radius 2 is 2.17 bits per heavy atom. The minimum Gasteiger partial charge on any atom is -0.325 e. The molecule has 1 heterocycles. The van der Waals surface area contributed by atoms with Gasteiger partial charge in [-0.3, -0.25) is 4.79 Å². The number of amides is 1. The van der Waals surface area contributed by atoms with Crippen LogP contribution < -0.4 is 11.1 Å². The minimum atomic E-state index is -0.483. The molecule has 3 N–H and O–H groups in total. The molecule has 0 bridgehead atoms. The first-order valence-corrected chi connectivity index (χ1v) is 6.72. The maximum atomic E-state index is 11.8. The predicted octanol–water partition coefficient (Wildman–Crippen LogP) is 2.53. The van der Waals surface area contributed by atoms with Gasteiger partial charge in [0.15, 0.2) is 0 Å². The first-order valence-electron chi connectivity index (χ1n) is 5.91. The summed E-state index contributed by atoms with van der Waals surface area (Å²) in [5.41, 5.74) is 7.54. The largest absolute Gasteiger partial charge is 0.325 e. The smallest absolute Gasteiger partial charge is 0.241 e. The van der Waals surface area contributed by atoms with E-state index in [0.29, 0.717) is 0 Å². The Hall–Kier alpha value is -1.46. The number of anilines is 1. The SMILES string of the molecule is Cc1nc2ccc(NC(=O)[C@H](N)C(C)C)cc2s1. The number of fused-ring (bicyclic) bond motifs is 1. The molecule has 1 aromatic carbocycles. The molecule has 1 atom stereocenters. The maximum absolute atomic E-state index is 11.8. The molecule has 0 fully saturated rings. The number of hydrogen-bond acceptors (Lipinski definition) is 4. The first kappa shape index (κ1) is 13.0. The lowest BCUT2D eigenvalue weighted by molar-refractivity contribution is -0.118. The standard InChI is InChI=1S/C13H17N3OS/c1-7(2)12(14)13(17)16-9-4-5-10-11(6-9)18-8(3)15-10/h4-7,12H,14H2,1-3H3,(H,16,17)/t12-/m1/s1. The van der Waals surface area contributed by atoms with Gasteiger partial charge in [0.05, 0.1) is 21.3 Å². The molecule has 0 saturated carbocycles. The molecule has 0 saturated heterocycles. The highest BCUT2D eigenvalue weighted by Crippen LogP contribution is 2.24. The number of benzene rings is 1. The zero-order chi connectivity index (χ0) is 13.3. The molecule has 0 radical (unpaired) electrons. The highest BCUT2D eigenvalue weighted by atomic mass is 32.1. The summed E-state index contributed by atoms with van der Waals surface area (Å²) in [5, 5.41) is 3.86. The van der Waals surface area contributed by atoms with Crippen molar-refractivity contribution in [3.8, 4) is 0 Å². The summed E-state index contributed by atoms with van der Waals surface area (Å²) in [6, 6.07) is 5.22. The minimum absolute atomic E-state index is 0.124. The van der Waals surface area contributed by atoms with E-state index >= 15 is 0 Å². The van der Waals surface area contributed by atoms with E-state index in [-0.39, 0.29) is 11.8 Å². The number of nitrogens with zero attached hydrogens (tertiary/aromatic N) is 1. The van der Waals surface area contributed by atoms with Crippen molar-refractivity contribution in [2.45, 2.75) is 26.8 Å². The highest BCUT2D eigenvalue weighted by Gasteiger charge is 2.17. The Balaban J connectivity index is 2.19. The van der Waals surface area contributed by atoms with Gasteiger partial charge in [0.25, 0.3) is 0 Å². The average molecular weight is 263 g/mol. The molecule has 0 aliphatic carbocycles. The maximum Gasteiger partial charge on any atom is 0.241 e. The first-order chi connectivity index (χ1) is 8.47. The molecule has 5 heteroatoms. The van der Waals surface area contributed by atoms with Gasteiger partial charge in [0, 0.05) is 5.69 Å². The zero-order valence-corrected chi connectivity index (χ0v) is 11.5. The van der Waals surface area contributed by atoms with Gasteiger partial charge in [-0.2, -0.15) is 0 Å². The Morgan fingerprint density at radius 1 is 1.44 bits per heavy atom. The van der Waals surface area contributed by atoms with Crippen LogP contribution in [-0.2, 0) is 4.79 Å². The van der Waals surface area contributed by atoms with Gasteiger partial charge in [-0.25, -0.2) is 4.98 Å². The number of thiazole rings is 1. The number of hydrogen-bond donors (Lipinski definition) is 2. The Bertz CT molecular complexity index is 577. The van der Waals surface area contributed by atoms with Crippen molar-refractivity contribution in [1.29, 1.82) is 0 Å². The monoisotopic (exact) mass is 263 g/mol. The lowest BCUT2D eigenvalue weighted by atomic mass is 10.1. The zero-order valence-electron chi connectivity index (χ0n) is 10.7. The Kier molecular flexibility index (Phi) is 3.63. The molecule has 0 aliphatic heterocycles. The topological polar surface area (TPSA) is 68.0 Å². The van der Waals surface area contributed by atoms with Crippen molar-refractivity contribution in [1.82, 2.24) is 4.98 Å². The number of carbonyl (C=O) groups excluding carboxylic acids is 1. The van der Waals surface area contributed by atoms with Crippen LogP contribution in [-0.4, -0.2) is 16.9 Å². The van der Waals surface area contributed by atoms with Gasteiger partial charge >= 0.3 is 0 Å². The summed E-state index contributed by atoms with van der Waals surface area (Å²) in [4.78, 5) is 16.2. The Labute approximate surface area is 110 Å². The molecule has 4 nitrogen and oxygen atoms in total. The van der Waals surface area contributed by atoms with Crippen LogP contribution in [0.2, 0.25) is 0 Å². The van der Waals surface area contributed by atoms with Crippen LogP contribution in [0.5, 0.6) is 0 Å². The fraction of sp³-hybridized carbons (Fsp3) is 0.385. The van der Waals surface area contributed by atoms with E-state index in [0.717, 1.165) is 20.9 Å². The Morgan fingerprint density at radius 3 is 2.83 bits per heavy atom. The van der Waals surface area contributed by atoms with Crippen LogP contribution in [0.3, 0.4) is 0 Å². The van der Waals surface area contributed by atoms with Gasteiger partial charge in [-0.05, 0) is 31.0 Å². The molecular weight excluding hydrogens is 246 g/mol. The number of nitrogens with one attached hydrogen (secondary N) is 1. The van der Waals surface area contributed by atoms with Crippen molar-refractivity contribution < 1.29 is 4.79 Å². The summed E-state index contributed by atoms with van der Waals surface area (Å²) in [7, 11) is 0. The van der Waals surface area contributed by atoms with E-state index in [4.69, 9.17) is 5.73 Å². The average Bonchev–Trinajstić information content (AvgIpc) is 2.67. The molecule has 0 aliphatic rings. The number of aromatic nitrogens is 1. The quantitative estimate of drug-likeness (QED) is 0.894. The van der Waals surface area contributed by atoms with Crippen LogP contribution in [0.25, 0.3) is 10.2 Å². The molecule has 1 amide bonds. The molecule has 0 unspecified atom stereocenters. The normalized spacial score (nSPS) is 12.9. The fourth-order valence-electron chi connectivity index (χ4n) is 1.65. The summed E-state index contributed by atoms with van der Waals surface area (Å²) < 4.78 is 1.07. The summed E-state index contributed by atoms with van der Waals surface area (Å²) >= 11 is 1.61. The van der Waals surface area contributed by atoms with Crippen molar-refractivity contribution in [2.75, 3.05) is 5.32 Å². The van der Waals surface area contributed by atoms with Gasteiger partial charge < -0.3 is 11.1 Å². The summed E-state index contributed by atoms with van der Waals surface area (Å²) in [5.74, 6) is -0.0232. The number of carbonyl (C=O) groups is 1. The third-order valence-corrected chi connectivity index (χ3v) is 3.72. The summed E-state index contributed by atoms with van der Waals surface area (Å²) in [6.45, 7) is 5.83. The van der Waals surface area contributed by atoms with E-state index in [2.05, 4.69) is 10.3 Å². The van der Waals surface area contributed by atoms with Crippen LogP contribution in [0.15, 0.2) is 18.2 Å². The molecule has 0 spiro atoms. The van der Waals surface area contributed by atoms with E-state index in [1.54, 1.807) is 11.3 Å². The van der Waals surface area contributed by atoms with E-state index in [9.17, 15) is 4.79 Å². The number of aryl methyl sites for hydroxylation is 1. The number of rotatable bonds is 3. The molecular formula is C13H17N3OS. The molecule has 96 valence electrons. The van der Waals surface area contributed by atoms with Crippen molar-refractivity contribution in [3.05, 3.63) is 23.2 Å². The fourth-order valence-corrected chi connectivity index (χ4v) is 2.51. The lowest BCUT2D eigenvalue weighted by Crippen LogP contribution is -2.39. The third kappa shape index (κ3) is 2.68. The van der Waals surface area contributed by atoms with Crippen molar-refractivity contribution >= 4 is 33.1 Å². The highest BCUT2D eigenvalue weighted by molar-refractivity contribution is 7.18. The molecule has 1 aromatic heterocycles. The second-order valence-corrected chi connectivity index (χ2v) is 5.91. The number of nitrogens with two attached hydrogens (primary N) is 1. The van der Waals surface area contributed by atoms with Gasteiger partial charge in [0.2, 0.25) is 5.91 Å². The van der Waals surface area contributed by atoms with E-state index in [1.165, 1.54) is 0 Å². The third-order valence-electron chi connectivity index (χ3n) is 2.78. The molecule has 2 aromatic rings. The second-order valence-electron chi connectivity index (χ2n) is 4.67. The van der Waals surface area contributed by atoms with Crippen LogP contribution in [0, 0.1) is 12.8 Å². The van der Waals surface area contributed by atoms with Crippen LogP contribution in [0.1, 0.15) is 18.9 Å².